The molecule has 3 aromatic rings. The zero-order chi connectivity index (χ0) is 24.6. The molecule has 1 amide bonds. The van der Waals surface area contributed by atoms with Crippen molar-refractivity contribution in [3.8, 4) is 11.3 Å². The Morgan fingerprint density at radius 1 is 1.03 bits per heavy atom. The van der Waals surface area contributed by atoms with Crippen LogP contribution in [-0.4, -0.2) is 60.1 Å². The highest BCUT2D eigenvalue weighted by Gasteiger charge is 2.11. The van der Waals surface area contributed by atoms with Crippen LogP contribution in [-0.2, 0) is 11.3 Å². The molecule has 200 valence electrons. The number of nitrogens with one attached hydrogen (secondary N) is 2. The fraction of sp³-hybridized carbons (Fsp3) is 0.320. The summed E-state index contributed by atoms with van der Waals surface area (Å²) in [6.45, 7) is 5.27. The third-order valence-electron chi connectivity index (χ3n) is 5.59. The summed E-state index contributed by atoms with van der Waals surface area (Å²) in [5, 5.41) is 10.2. The van der Waals surface area contributed by atoms with E-state index in [9.17, 15) is 18.4 Å². The SMILES string of the molecule is Cl.Cl.O=C(Nc1cccc(Cn2nc(-c3cc(F)cc(F)c3)ccc2=O)c1)OCCCN1CCNCC1. The molecule has 0 aliphatic carbocycles. The molecule has 0 unspecified atom stereocenters. The molecule has 0 spiro atoms. The van der Waals surface area contributed by atoms with E-state index in [1.165, 1.54) is 16.8 Å². The second kappa shape index (κ2) is 14.6. The minimum atomic E-state index is -0.728. The molecule has 1 saturated heterocycles. The lowest BCUT2D eigenvalue weighted by Gasteiger charge is -2.26. The van der Waals surface area contributed by atoms with Gasteiger partial charge in [-0.2, -0.15) is 5.10 Å². The van der Waals surface area contributed by atoms with E-state index >= 15 is 0 Å². The number of carbonyl (C=O) groups is 1. The summed E-state index contributed by atoms with van der Waals surface area (Å²) in [7, 11) is 0. The first-order valence-electron chi connectivity index (χ1n) is 11.5. The maximum Gasteiger partial charge on any atom is 0.411 e. The molecule has 1 aromatic heterocycles. The number of aromatic nitrogens is 2. The van der Waals surface area contributed by atoms with Gasteiger partial charge in [-0.15, -0.1) is 24.8 Å². The first-order chi connectivity index (χ1) is 17.0. The zero-order valence-corrected chi connectivity index (χ0v) is 21.6. The maximum absolute atomic E-state index is 13.6. The second-order valence-corrected chi connectivity index (χ2v) is 8.28. The van der Waals surface area contributed by atoms with Crippen molar-refractivity contribution in [1.29, 1.82) is 0 Å². The summed E-state index contributed by atoms with van der Waals surface area (Å²) >= 11 is 0. The Morgan fingerprint density at radius 2 is 1.76 bits per heavy atom. The first-order valence-corrected chi connectivity index (χ1v) is 11.5. The molecule has 2 heterocycles. The molecule has 8 nitrogen and oxygen atoms in total. The number of amides is 1. The van der Waals surface area contributed by atoms with Gasteiger partial charge in [0.15, 0.2) is 0 Å². The van der Waals surface area contributed by atoms with Gasteiger partial charge in [-0.3, -0.25) is 10.1 Å². The lowest BCUT2D eigenvalue weighted by molar-refractivity contribution is 0.149. The highest BCUT2D eigenvalue weighted by atomic mass is 35.5. The van der Waals surface area contributed by atoms with Crippen LogP contribution in [0.3, 0.4) is 0 Å². The first kappa shape index (κ1) is 30.2. The molecule has 4 rings (SSSR count). The molecule has 2 N–H and O–H groups in total. The third-order valence-corrected chi connectivity index (χ3v) is 5.59. The van der Waals surface area contributed by atoms with Crippen molar-refractivity contribution in [2.75, 3.05) is 44.6 Å². The van der Waals surface area contributed by atoms with Crippen molar-refractivity contribution >= 4 is 36.6 Å². The number of ether oxygens (including phenoxy) is 1. The summed E-state index contributed by atoms with van der Waals surface area (Å²) < 4.78 is 33.7. The Hall–Kier alpha value is -3.05. The number of hydrogen-bond acceptors (Lipinski definition) is 6. The standard InChI is InChI=1S/C25H27F2N5O3.2ClH/c26-20-14-19(15-21(27)16-20)23-5-6-24(33)32(30-23)17-18-3-1-4-22(13-18)29-25(34)35-12-2-9-31-10-7-28-8-11-31;;/h1,3-6,13-16,28H,2,7-12,17H2,(H,29,34);2*1H. The minimum Gasteiger partial charge on any atom is -0.449 e. The van der Waals surface area contributed by atoms with Crippen molar-refractivity contribution in [2.45, 2.75) is 13.0 Å². The quantitative estimate of drug-likeness (QED) is 0.409. The predicted octanol–water partition coefficient (Wildman–Crippen LogP) is 3.92. The van der Waals surface area contributed by atoms with Gasteiger partial charge in [0, 0.05) is 56.1 Å². The topological polar surface area (TPSA) is 88.5 Å². The van der Waals surface area contributed by atoms with E-state index in [1.807, 2.05) is 0 Å². The molecule has 0 saturated carbocycles. The van der Waals surface area contributed by atoms with Crippen LogP contribution < -0.4 is 16.2 Å². The van der Waals surface area contributed by atoms with E-state index in [4.69, 9.17) is 4.74 Å². The Morgan fingerprint density at radius 3 is 2.49 bits per heavy atom. The molecular formula is C25H29Cl2F2N5O3. The Bertz CT molecular complexity index is 1220. The zero-order valence-electron chi connectivity index (χ0n) is 20.0. The summed E-state index contributed by atoms with van der Waals surface area (Å²) in [4.78, 5) is 26.8. The Balaban J connectivity index is 0.00000241. The van der Waals surface area contributed by atoms with E-state index in [0.29, 0.717) is 17.9 Å². The van der Waals surface area contributed by atoms with E-state index in [-0.39, 0.29) is 48.2 Å². The van der Waals surface area contributed by atoms with E-state index in [0.717, 1.165) is 57.3 Å². The van der Waals surface area contributed by atoms with E-state index < -0.39 is 17.7 Å². The highest BCUT2D eigenvalue weighted by molar-refractivity contribution is 5.86. The third kappa shape index (κ3) is 9.08. The number of carbonyl (C=O) groups excluding carboxylic acids is 1. The Kier molecular flexibility index (Phi) is 11.9. The molecular weight excluding hydrogens is 527 g/mol. The van der Waals surface area contributed by atoms with Crippen LogP contribution in [0.15, 0.2) is 59.4 Å². The number of anilines is 1. The predicted molar refractivity (Wildman–Crippen MR) is 143 cm³/mol. The average Bonchev–Trinajstić information content (AvgIpc) is 2.83. The molecule has 2 aromatic carbocycles. The van der Waals surface area contributed by atoms with Gasteiger partial charge in [0.2, 0.25) is 0 Å². The fourth-order valence-electron chi connectivity index (χ4n) is 3.88. The van der Waals surface area contributed by atoms with Crippen LogP contribution in [0, 0.1) is 11.6 Å². The van der Waals surface area contributed by atoms with Crippen LogP contribution in [0.2, 0.25) is 0 Å². The number of piperazine rings is 1. The van der Waals surface area contributed by atoms with Crippen LogP contribution in [0.5, 0.6) is 0 Å². The number of halogens is 4. The monoisotopic (exact) mass is 555 g/mol. The molecule has 12 heteroatoms. The van der Waals surface area contributed by atoms with Gasteiger partial charge in [0.05, 0.1) is 18.8 Å². The van der Waals surface area contributed by atoms with Gasteiger partial charge in [0.25, 0.3) is 5.56 Å². The largest absolute Gasteiger partial charge is 0.449 e. The van der Waals surface area contributed by atoms with Gasteiger partial charge >= 0.3 is 6.09 Å². The van der Waals surface area contributed by atoms with Gasteiger partial charge in [-0.25, -0.2) is 18.3 Å². The van der Waals surface area contributed by atoms with Crippen LogP contribution in [0.4, 0.5) is 19.3 Å². The van der Waals surface area contributed by atoms with Crippen LogP contribution >= 0.6 is 24.8 Å². The normalized spacial score (nSPS) is 13.2. The van der Waals surface area contributed by atoms with Crippen molar-refractivity contribution < 1.29 is 18.3 Å². The molecule has 37 heavy (non-hydrogen) atoms. The van der Waals surface area contributed by atoms with E-state index in [2.05, 4.69) is 20.6 Å². The van der Waals surface area contributed by atoms with Gasteiger partial charge in [-0.1, -0.05) is 12.1 Å². The van der Waals surface area contributed by atoms with Gasteiger partial charge in [0.1, 0.15) is 11.6 Å². The highest BCUT2D eigenvalue weighted by Crippen LogP contribution is 2.19. The van der Waals surface area contributed by atoms with Crippen molar-refractivity contribution in [2.24, 2.45) is 0 Å². The molecule has 1 aliphatic heterocycles. The van der Waals surface area contributed by atoms with Gasteiger partial charge < -0.3 is 15.0 Å². The van der Waals surface area contributed by atoms with Crippen molar-refractivity contribution in [3.63, 3.8) is 0 Å². The minimum absolute atomic E-state index is 0. The lowest BCUT2D eigenvalue weighted by atomic mass is 10.1. The lowest BCUT2D eigenvalue weighted by Crippen LogP contribution is -2.43. The maximum atomic E-state index is 13.6. The number of rotatable bonds is 8. The van der Waals surface area contributed by atoms with Crippen LogP contribution in [0.1, 0.15) is 12.0 Å². The number of nitrogens with zero attached hydrogens (tertiary/aromatic N) is 3. The van der Waals surface area contributed by atoms with Crippen LogP contribution in [0.25, 0.3) is 11.3 Å². The average molecular weight is 556 g/mol. The van der Waals surface area contributed by atoms with E-state index in [1.54, 1.807) is 24.3 Å². The number of benzene rings is 2. The molecule has 1 aliphatic rings. The summed E-state index contributed by atoms with van der Waals surface area (Å²) in [5.41, 5.74) is 1.35. The summed E-state index contributed by atoms with van der Waals surface area (Å²) in [6.07, 6.45) is 0.209. The van der Waals surface area contributed by atoms with Gasteiger partial charge in [-0.05, 0) is 42.3 Å². The fourth-order valence-corrected chi connectivity index (χ4v) is 3.88. The smallest absolute Gasteiger partial charge is 0.411 e. The molecule has 1 fully saturated rings. The number of hydrogen-bond donors (Lipinski definition) is 2. The molecule has 0 atom stereocenters. The second-order valence-electron chi connectivity index (χ2n) is 8.28. The summed E-state index contributed by atoms with van der Waals surface area (Å²) in [6, 6.07) is 12.8. The Labute approximate surface area is 225 Å². The van der Waals surface area contributed by atoms with Crippen molar-refractivity contribution in [1.82, 2.24) is 20.0 Å². The molecule has 0 radical (unpaired) electrons. The molecule has 0 bridgehead atoms. The summed E-state index contributed by atoms with van der Waals surface area (Å²) in [5.74, 6) is -1.46. The van der Waals surface area contributed by atoms with Crippen molar-refractivity contribution in [3.05, 3.63) is 82.1 Å².